The molecular formula is C15H23N5. The first-order valence-corrected chi connectivity index (χ1v) is 7.17. The smallest absolute Gasteiger partial charge is 0.138 e. The van der Waals surface area contributed by atoms with Crippen molar-refractivity contribution in [1.29, 1.82) is 0 Å². The van der Waals surface area contributed by atoms with Crippen molar-refractivity contribution in [1.82, 2.24) is 25.1 Å². The normalized spacial score (nSPS) is 12.8. The molecule has 0 saturated carbocycles. The van der Waals surface area contributed by atoms with Gasteiger partial charge in [-0.2, -0.15) is 5.10 Å². The minimum absolute atomic E-state index is 0.168. The number of hydrogen-bond donors (Lipinski definition) is 1. The summed E-state index contributed by atoms with van der Waals surface area (Å²) in [6, 6.07) is 6.62. The topological polar surface area (TPSA) is 55.6 Å². The molecule has 0 spiro atoms. The quantitative estimate of drug-likeness (QED) is 0.878. The van der Waals surface area contributed by atoms with E-state index in [1.165, 1.54) is 0 Å². The summed E-state index contributed by atoms with van der Waals surface area (Å²) in [6.45, 7) is 9.26. The van der Waals surface area contributed by atoms with E-state index in [0.717, 1.165) is 30.2 Å². The van der Waals surface area contributed by atoms with E-state index in [2.05, 4.69) is 53.3 Å². The highest BCUT2D eigenvalue weighted by atomic mass is 15.3. The summed E-state index contributed by atoms with van der Waals surface area (Å²) in [5.41, 5.74) is 2.10. The van der Waals surface area contributed by atoms with Crippen LogP contribution >= 0.6 is 0 Å². The Hall–Kier alpha value is -1.75. The Morgan fingerprint density at radius 2 is 2.10 bits per heavy atom. The molecule has 20 heavy (non-hydrogen) atoms. The van der Waals surface area contributed by atoms with Crippen LogP contribution in [0.15, 0.2) is 24.5 Å². The van der Waals surface area contributed by atoms with Crippen LogP contribution in [0.3, 0.4) is 0 Å². The van der Waals surface area contributed by atoms with Crippen molar-refractivity contribution in [3.8, 4) is 0 Å². The SMILES string of the molecule is CCNC(Cc1ncnn1C(C)C)c1cccc(C)n1. The fourth-order valence-electron chi connectivity index (χ4n) is 2.32. The minimum Gasteiger partial charge on any atom is -0.309 e. The van der Waals surface area contributed by atoms with Gasteiger partial charge in [-0.05, 0) is 39.4 Å². The van der Waals surface area contributed by atoms with Crippen LogP contribution in [0, 0.1) is 6.92 Å². The van der Waals surface area contributed by atoms with E-state index in [9.17, 15) is 0 Å². The number of aryl methyl sites for hydroxylation is 1. The fraction of sp³-hybridized carbons (Fsp3) is 0.533. The molecule has 5 heteroatoms. The second-order valence-electron chi connectivity index (χ2n) is 5.23. The van der Waals surface area contributed by atoms with Gasteiger partial charge in [0.1, 0.15) is 12.2 Å². The predicted molar refractivity (Wildman–Crippen MR) is 79.5 cm³/mol. The van der Waals surface area contributed by atoms with Crippen molar-refractivity contribution in [3.63, 3.8) is 0 Å². The Bertz CT molecular complexity index is 547. The standard InChI is InChI=1S/C15H23N5/c1-5-16-14(13-8-6-7-12(4)19-13)9-15-17-10-18-20(15)11(2)3/h6-8,10-11,14,16H,5,9H2,1-4H3. The minimum atomic E-state index is 0.168. The first-order chi connectivity index (χ1) is 9.61. The Balaban J connectivity index is 2.23. The molecular weight excluding hydrogens is 250 g/mol. The summed E-state index contributed by atoms with van der Waals surface area (Å²) in [6.07, 6.45) is 2.42. The van der Waals surface area contributed by atoms with Crippen LogP contribution in [0.4, 0.5) is 0 Å². The lowest BCUT2D eigenvalue weighted by Gasteiger charge is -2.18. The van der Waals surface area contributed by atoms with Gasteiger partial charge in [-0.15, -0.1) is 0 Å². The number of nitrogens with zero attached hydrogens (tertiary/aromatic N) is 4. The molecule has 1 atom stereocenters. The molecule has 0 aromatic carbocycles. The van der Waals surface area contributed by atoms with E-state index in [4.69, 9.17) is 0 Å². The fourth-order valence-corrected chi connectivity index (χ4v) is 2.32. The molecule has 0 aliphatic carbocycles. The van der Waals surface area contributed by atoms with Gasteiger partial charge >= 0.3 is 0 Å². The molecule has 0 radical (unpaired) electrons. The third kappa shape index (κ3) is 3.42. The second kappa shape index (κ2) is 6.61. The van der Waals surface area contributed by atoms with Gasteiger partial charge in [-0.1, -0.05) is 13.0 Å². The van der Waals surface area contributed by atoms with Gasteiger partial charge in [-0.25, -0.2) is 9.67 Å². The average Bonchev–Trinajstić information content (AvgIpc) is 2.86. The van der Waals surface area contributed by atoms with Crippen LogP contribution in [-0.4, -0.2) is 26.3 Å². The molecule has 0 bridgehead atoms. The van der Waals surface area contributed by atoms with E-state index < -0.39 is 0 Å². The molecule has 2 aromatic rings. The molecule has 2 heterocycles. The maximum Gasteiger partial charge on any atom is 0.138 e. The van der Waals surface area contributed by atoms with Gasteiger partial charge in [-0.3, -0.25) is 4.98 Å². The molecule has 0 aliphatic rings. The summed E-state index contributed by atoms with van der Waals surface area (Å²) in [5, 5.41) is 7.78. The summed E-state index contributed by atoms with van der Waals surface area (Å²) in [4.78, 5) is 9.02. The third-order valence-corrected chi connectivity index (χ3v) is 3.24. The number of nitrogens with one attached hydrogen (secondary N) is 1. The highest BCUT2D eigenvalue weighted by Gasteiger charge is 2.17. The molecule has 2 rings (SSSR count). The van der Waals surface area contributed by atoms with Crippen LogP contribution in [0.25, 0.3) is 0 Å². The Morgan fingerprint density at radius 3 is 2.75 bits per heavy atom. The van der Waals surface area contributed by atoms with Crippen molar-refractivity contribution >= 4 is 0 Å². The van der Waals surface area contributed by atoms with Gasteiger partial charge in [0.05, 0.1) is 11.7 Å². The van der Waals surface area contributed by atoms with Crippen molar-refractivity contribution in [3.05, 3.63) is 41.7 Å². The lowest BCUT2D eigenvalue weighted by atomic mass is 10.1. The van der Waals surface area contributed by atoms with E-state index in [1.54, 1.807) is 6.33 Å². The maximum absolute atomic E-state index is 4.63. The monoisotopic (exact) mass is 273 g/mol. The van der Waals surface area contributed by atoms with Crippen LogP contribution < -0.4 is 5.32 Å². The molecule has 0 fully saturated rings. The lowest BCUT2D eigenvalue weighted by molar-refractivity contribution is 0.464. The molecule has 5 nitrogen and oxygen atoms in total. The molecule has 0 saturated heterocycles. The molecule has 0 amide bonds. The number of aromatic nitrogens is 4. The molecule has 108 valence electrons. The number of pyridine rings is 1. The number of hydrogen-bond acceptors (Lipinski definition) is 4. The van der Waals surface area contributed by atoms with E-state index in [1.807, 2.05) is 17.7 Å². The van der Waals surface area contributed by atoms with Crippen molar-refractivity contribution in [2.75, 3.05) is 6.54 Å². The first kappa shape index (κ1) is 14.7. The molecule has 2 aromatic heterocycles. The lowest BCUT2D eigenvalue weighted by Crippen LogP contribution is -2.25. The zero-order valence-electron chi connectivity index (χ0n) is 12.7. The first-order valence-electron chi connectivity index (χ1n) is 7.17. The number of likely N-dealkylation sites (N-methyl/N-ethyl adjacent to an activating group) is 1. The largest absolute Gasteiger partial charge is 0.309 e. The summed E-state index contributed by atoms with van der Waals surface area (Å²) in [7, 11) is 0. The van der Waals surface area contributed by atoms with Gasteiger partial charge in [0, 0.05) is 18.2 Å². The van der Waals surface area contributed by atoms with Crippen LogP contribution in [0.1, 0.15) is 50.1 Å². The van der Waals surface area contributed by atoms with Gasteiger partial charge < -0.3 is 5.32 Å². The van der Waals surface area contributed by atoms with Gasteiger partial charge in [0.15, 0.2) is 0 Å². The van der Waals surface area contributed by atoms with Gasteiger partial charge in [0.25, 0.3) is 0 Å². The Kier molecular flexibility index (Phi) is 4.84. The third-order valence-electron chi connectivity index (χ3n) is 3.24. The van der Waals surface area contributed by atoms with Crippen LogP contribution in [-0.2, 0) is 6.42 Å². The zero-order valence-corrected chi connectivity index (χ0v) is 12.7. The summed E-state index contributed by atoms with van der Waals surface area (Å²) in [5.74, 6) is 0.995. The van der Waals surface area contributed by atoms with E-state index in [-0.39, 0.29) is 6.04 Å². The summed E-state index contributed by atoms with van der Waals surface area (Å²) < 4.78 is 1.97. The van der Waals surface area contributed by atoms with Crippen LogP contribution in [0.2, 0.25) is 0 Å². The van der Waals surface area contributed by atoms with Crippen molar-refractivity contribution in [2.45, 2.75) is 46.2 Å². The van der Waals surface area contributed by atoms with E-state index >= 15 is 0 Å². The maximum atomic E-state index is 4.63. The Morgan fingerprint density at radius 1 is 1.30 bits per heavy atom. The van der Waals surface area contributed by atoms with Crippen molar-refractivity contribution < 1.29 is 0 Å². The highest BCUT2D eigenvalue weighted by molar-refractivity contribution is 5.15. The number of rotatable bonds is 6. The molecule has 1 N–H and O–H groups in total. The van der Waals surface area contributed by atoms with Crippen molar-refractivity contribution in [2.24, 2.45) is 0 Å². The van der Waals surface area contributed by atoms with Gasteiger partial charge in [0.2, 0.25) is 0 Å². The highest BCUT2D eigenvalue weighted by Crippen LogP contribution is 2.17. The Labute approximate surface area is 120 Å². The zero-order chi connectivity index (χ0) is 14.5. The predicted octanol–water partition coefficient (Wildman–Crippen LogP) is 2.46. The second-order valence-corrected chi connectivity index (χ2v) is 5.23. The molecule has 0 aliphatic heterocycles. The summed E-state index contributed by atoms with van der Waals surface area (Å²) >= 11 is 0. The average molecular weight is 273 g/mol. The van der Waals surface area contributed by atoms with Crippen LogP contribution in [0.5, 0.6) is 0 Å². The molecule has 1 unspecified atom stereocenters. The van der Waals surface area contributed by atoms with E-state index in [0.29, 0.717) is 6.04 Å².